The van der Waals surface area contributed by atoms with E-state index < -0.39 is 23.5 Å². The zero-order valence-electron chi connectivity index (χ0n) is 18.9. The number of morpholine rings is 1. The number of carbonyl (C=O) groups excluding carboxylic acids is 2. The average molecular weight is 487 g/mol. The van der Waals surface area contributed by atoms with E-state index in [4.69, 9.17) is 21.1 Å². The second kappa shape index (κ2) is 10.5. The number of ketones is 1. The van der Waals surface area contributed by atoms with Crippen molar-refractivity contribution < 1.29 is 29.3 Å². The molecular weight excluding hydrogens is 460 g/mol. The Morgan fingerprint density at radius 3 is 2.65 bits per heavy atom. The molecular formula is C25H27ClN2O6. The van der Waals surface area contributed by atoms with Gasteiger partial charge in [0, 0.05) is 31.2 Å². The van der Waals surface area contributed by atoms with Gasteiger partial charge in [0.15, 0.2) is 0 Å². The summed E-state index contributed by atoms with van der Waals surface area (Å²) < 4.78 is 10.7. The number of ether oxygens (including phenoxy) is 2. The Balaban J connectivity index is 1.72. The number of aliphatic hydroxyl groups excluding tert-OH is 1. The van der Waals surface area contributed by atoms with E-state index in [0.29, 0.717) is 37.5 Å². The van der Waals surface area contributed by atoms with Crippen molar-refractivity contribution in [2.24, 2.45) is 0 Å². The van der Waals surface area contributed by atoms with E-state index in [1.165, 1.54) is 30.2 Å². The summed E-state index contributed by atoms with van der Waals surface area (Å²) in [5, 5.41) is 21.7. The summed E-state index contributed by atoms with van der Waals surface area (Å²) in [7, 11) is 1.53. The van der Waals surface area contributed by atoms with Gasteiger partial charge in [0.05, 0.1) is 37.5 Å². The van der Waals surface area contributed by atoms with E-state index >= 15 is 0 Å². The molecule has 8 nitrogen and oxygen atoms in total. The van der Waals surface area contributed by atoms with E-state index in [0.717, 1.165) is 19.6 Å². The fourth-order valence-electron chi connectivity index (χ4n) is 4.40. The summed E-state index contributed by atoms with van der Waals surface area (Å²) in [4.78, 5) is 30.0. The minimum atomic E-state index is -0.835. The number of amides is 1. The van der Waals surface area contributed by atoms with Crippen molar-refractivity contribution >= 4 is 29.1 Å². The van der Waals surface area contributed by atoms with Gasteiger partial charge in [-0.05, 0) is 42.3 Å². The van der Waals surface area contributed by atoms with Gasteiger partial charge in [-0.2, -0.15) is 0 Å². The number of Topliss-reactive ketones (excluding diaryl/α,β-unsaturated/α-hetero) is 1. The van der Waals surface area contributed by atoms with E-state index in [9.17, 15) is 19.8 Å². The van der Waals surface area contributed by atoms with E-state index in [-0.39, 0.29) is 21.9 Å². The molecule has 180 valence electrons. The first kappa shape index (κ1) is 24.1. The molecule has 0 unspecified atom stereocenters. The lowest BCUT2D eigenvalue weighted by Gasteiger charge is -2.29. The lowest BCUT2D eigenvalue weighted by Crippen LogP contribution is -2.38. The van der Waals surface area contributed by atoms with Crippen LogP contribution in [-0.4, -0.2) is 78.2 Å². The molecule has 2 aliphatic rings. The molecule has 4 rings (SSSR count). The molecule has 2 aromatic rings. The van der Waals surface area contributed by atoms with Crippen LogP contribution in [0.4, 0.5) is 0 Å². The van der Waals surface area contributed by atoms with Gasteiger partial charge >= 0.3 is 0 Å². The topological polar surface area (TPSA) is 99.5 Å². The van der Waals surface area contributed by atoms with Crippen LogP contribution in [0, 0.1) is 0 Å². The zero-order chi connectivity index (χ0) is 24.2. The number of hydrogen-bond donors (Lipinski definition) is 2. The minimum Gasteiger partial charge on any atom is -0.507 e. The van der Waals surface area contributed by atoms with Gasteiger partial charge in [0.1, 0.15) is 17.3 Å². The minimum absolute atomic E-state index is 0.00767. The van der Waals surface area contributed by atoms with Gasteiger partial charge in [-0.25, -0.2) is 0 Å². The third-order valence-corrected chi connectivity index (χ3v) is 6.38. The monoisotopic (exact) mass is 486 g/mol. The lowest BCUT2D eigenvalue weighted by atomic mass is 9.95. The average Bonchev–Trinajstić information content (AvgIpc) is 3.11. The molecule has 0 radical (unpaired) electrons. The van der Waals surface area contributed by atoms with Crippen molar-refractivity contribution in [2.45, 2.75) is 12.5 Å². The highest BCUT2D eigenvalue weighted by atomic mass is 35.5. The highest BCUT2D eigenvalue weighted by molar-refractivity contribution is 6.46. The molecule has 34 heavy (non-hydrogen) atoms. The number of carbonyl (C=O) groups is 2. The van der Waals surface area contributed by atoms with Crippen LogP contribution in [-0.2, 0) is 14.3 Å². The first-order valence-electron chi connectivity index (χ1n) is 11.1. The molecule has 0 saturated carbocycles. The Hall–Kier alpha value is -3.07. The predicted octanol–water partition coefficient (Wildman–Crippen LogP) is 3.20. The molecule has 0 spiro atoms. The summed E-state index contributed by atoms with van der Waals surface area (Å²) in [6.07, 6.45) is 0.649. The number of likely N-dealkylation sites (tertiary alicyclic amines) is 1. The normalized spacial score (nSPS) is 20.6. The number of aromatic hydroxyl groups is 1. The number of phenols is 1. The Morgan fingerprint density at radius 1 is 1.15 bits per heavy atom. The number of phenolic OH excluding ortho intramolecular Hbond substituents is 1. The van der Waals surface area contributed by atoms with E-state index in [1.54, 1.807) is 24.3 Å². The van der Waals surface area contributed by atoms with Crippen molar-refractivity contribution in [3.8, 4) is 11.5 Å². The maximum Gasteiger partial charge on any atom is 0.295 e. The predicted molar refractivity (Wildman–Crippen MR) is 127 cm³/mol. The maximum atomic E-state index is 13.1. The molecule has 2 aliphatic heterocycles. The van der Waals surface area contributed by atoms with Gasteiger partial charge in [-0.3, -0.25) is 14.5 Å². The molecule has 2 N–H and O–H groups in total. The number of halogens is 1. The molecule has 1 amide bonds. The first-order valence-corrected chi connectivity index (χ1v) is 11.5. The fraction of sp³-hybridized carbons (Fsp3) is 0.360. The van der Waals surface area contributed by atoms with E-state index in [2.05, 4.69) is 4.90 Å². The van der Waals surface area contributed by atoms with Gasteiger partial charge in [0.25, 0.3) is 11.7 Å². The van der Waals surface area contributed by atoms with Crippen LogP contribution in [0.15, 0.2) is 48.0 Å². The standard InChI is InChI=1S/C25H27ClN2O6/c1-33-18-5-2-4-16(14-18)22-21(23(30)19-15-17(26)6-7-20(19)29)24(31)25(32)28(22)9-3-8-27-10-12-34-13-11-27/h2,4-7,14-15,22,29-30H,3,8-13H2,1H3/t22-/m1/s1. The summed E-state index contributed by atoms with van der Waals surface area (Å²) >= 11 is 6.06. The number of methoxy groups -OCH3 is 1. The zero-order valence-corrected chi connectivity index (χ0v) is 19.6. The summed E-state index contributed by atoms with van der Waals surface area (Å²) in [6, 6.07) is 10.4. The fourth-order valence-corrected chi connectivity index (χ4v) is 4.57. The van der Waals surface area contributed by atoms with Gasteiger partial charge in [-0.1, -0.05) is 23.7 Å². The summed E-state index contributed by atoms with van der Waals surface area (Å²) in [5.74, 6) is -1.66. The molecule has 2 fully saturated rings. The summed E-state index contributed by atoms with van der Waals surface area (Å²) in [5.41, 5.74) is 0.516. The van der Waals surface area contributed by atoms with Crippen molar-refractivity contribution in [1.82, 2.24) is 9.80 Å². The van der Waals surface area contributed by atoms with Gasteiger partial charge in [0.2, 0.25) is 0 Å². The van der Waals surface area contributed by atoms with Crippen LogP contribution in [0.3, 0.4) is 0 Å². The molecule has 1 atom stereocenters. The van der Waals surface area contributed by atoms with Crippen molar-refractivity contribution in [3.05, 3.63) is 64.2 Å². The SMILES string of the molecule is COc1cccc([C@@H]2C(=C(O)c3cc(Cl)ccc3O)C(=O)C(=O)N2CCCN2CCOCC2)c1. The van der Waals surface area contributed by atoms with Gasteiger partial charge < -0.3 is 24.6 Å². The van der Waals surface area contributed by atoms with Crippen LogP contribution in [0.25, 0.3) is 5.76 Å². The van der Waals surface area contributed by atoms with E-state index in [1.807, 2.05) is 0 Å². The second-order valence-electron chi connectivity index (χ2n) is 8.24. The van der Waals surface area contributed by atoms with Crippen molar-refractivity contribution in [1.29, 1.82) is 0 Å². The molecule has 2 aromatic carbocycles. The van der Waals surface area contributed by atoms with Crippen LogP contribution >= 0.6 is 11.6 Å². The van der Waals surface area contributed by atoms with Crippen molar-refractivity contribution in [2.75, 3.05) is 46.5 Å². The largest absolute Gasteiger partial charge is 0.507 e. The molecule has 0 aromatic heterocycles. The Morgan fingerprint density at radius 2 is 1.91 bits per heavy atom. The highest BCUT2D eigenvalue weighted by Gasteiger charge is 2.46. The molecule has 2 heterocycles. The second-order valence-corrected chi connectivity index (χ2v) is 8.67. The van der Waals surface area contributed by atoms with Crippen molar-refractivity contribution in [3.63, 3.8) is 0 Å². The van der Waals surface area contributed by atoms with Crippen LogP contribution in [0.5, 0.6) is 11.5 Å². The quantitative estimate of drug-likeness (QED) is 0.352. The van der Waals surface area contributed by atoms with Crippen LogP contribution < -0.4 is 4.74 Å². The Bertz CT molecular complexity index is 1110. The third kappa shape index (κ3) is 4.89. The molecule has 9 heteroatoms. The molecule has 0 bridgehead atoms. The maximum absolute atomic E-state index is 13.1. The number of benzene rings is 2. The van der Waals surface area contributed by atoms with Crippen LogP contribution in [0.1, 0.15) is 23.6 Å². The molecule has 0 aliphatic carbocycles. The molecule has 2 saturated heterocycles. The smallest absolute Gasteiger partial charge is 0.295 e. The lowest BCUT2D eigenvalue weighted by molar-refractivity contribution is -0.140. The Kier molecular flexibility index (Phi) is 7.41. The number of nitrogens with zero attached hydrogens (tertiary/aromatic N) is 2. The highest BCUT2D eigenvalue weighted by Crippen LogP contribution is 2.42. The number of aliphatic hydroxyl groups is 1. The number of hydrogen-bond acceptors (Lipinski definition) is 7. The van der Waals surface area contributed by atoms with Crippen LogP contribution in [0.2, 0.25) is 5.02 Å². The first-order chi connectivity index (χ1) is 16.4. The number of rotatable bonds is 7. The Labute approximate surface area is 202 Å². The third-order valence-electron chi connectivity index (χ3n) is 6.14. The van der Waals surface area contributed by atoms with Gasteiger partial charge in [-0.15, -0.1) is 0 Å². The summed E-state index contributed by atoms with van der Waals surface area (Å²) in [6.45, 7) is 4.08.